The molecule has 1 amide bonds. The Morgan fingerprint density at radius 1 is 1.14 bits per heavy atom. The van der Waals surface area contributed by atoms with E-state index in [1.54, 1.807) is 12.1 Å². The summed E-state index contributed by atoms with van der Waals surface area (Å²) in [5, 5.41) is 11.2. The summed E-state index contributed by atoms with van der Waals surface area (Å²) >= 11 is 0. The number of primary amides is 1. The van der Waals surface area contributed by atoms with Gasteiger partial charge in [-0.25, -0.2) is 0 Å². The molecule has 3 aromatic carbocycles. The summed E-state index contributed by atoms with van der Waals surface area (Å²) in [4.78, 5) is 12.0. The third kappa shape index (κ3) is 3.10. The Kier molecular flexibility index (Phi) is 4.75. The minimum atomic E-state index is -0.470. The lowest BCUT2D eigenvalue weighted by atomic mass is 10.0. The molecule has 4 aromatic rings. The van der Waals surface area contributed by atoms with E-state index in [9.17, 15) is 9.90 Å². The summed E-state index contributed by atoms with van der Waals surface area (Å²) in [5.74, 6) is 0.351. The van der Waals surface area contributed by atoms with Gasteiger partial charge in [-0.05, 0) is 60.5 Å². The van der Waals surface area contributed by atoms with Crippen LogP contribution in [0.2, 0.25) is 0 Å². The molecule has 141 valence electrons. The summed E-state index contributed by atoms with van der Waals surface area (Å²) < 4.78 is 7.74. The topological polar surface area (TPSA) is 77.5 Å². The van der Waals surface area contributed by atoms with Crippen molar-refractivity contribution in [3.05, 3.63) is 77.4 Å². The van der Waals surface area contributed by atoms with E-state index in [1.165, 1.54) is 0 Å². The highest BCUT2D eigenvalue weighted by atomic mass is 16.5. The SMILES string of the molecule is CCOc1cccc(Cn2c3cc(CO)c[c]c3c3c(C(N)=O)cccc32)c1. The van der Waals surface area contributed by atoms with E-state index in [1.807, 2.05) is 49.4 Å². The number of fused-ring (bicyclic) bond motifs is 3. The molecule has 0 unspecified atom stereocenters. The lowest BCUT2D eigenvalue weighted by molar-refractivity contribution is 0.100. The number of rotatable bonds is 6. The number of hydrogen-bond acceptors (Lipinski definition) is 3. The lowest BCUT2D eigenvalue weighted by Crippen LogP contribution is -2.11. The first kappa shape index (κ1) is 18.1. The van der Waals surface area contributed by atoms with Crippen LogP contribution in [0.4, 0.5) is 0 Å². The smallest absolute Gasteiger partial charge is 0.249 e. The molecule has 1 radical (unpaired) electrons. The van der Waals surface area contributed by atoms with Crippen LogP contribution in [-0.4, -0.2) is 22.2 Å². The maximum absolute atomic E-state index is 12.0. The zero-order valence-electron chi connectivity index (χ0n) is 15.6. The van der Waals surface area contributed by atoms with E-state index in [-0.39, 0.29) is 6.61 Å². The van der Waals surface area contributed by atoms with Gasteiger partial charge < -0.3 is 20.1 Å². The number of nitrogens with zero attached hydrogens (tertiary/aromatic N) is 1. The van der Waals surface area contributed by atoms with E-state index in [0.717, 1.165) is 38.7 Å². The molecule has 3 N–H and O–H groups in total. The van der Waals surface area contributed by atoms with Gasteiger partial charge in [0.1, 0.15) is 5.75 Å². The number of carbonyl (C=O) groups is 1. The number of ether oxygens (including phenoxy) is 1. The predicted octanol–water partition coefficient (Wildman–Crippen LogP) is 3.63. The first-order valence-electron chi connectivity index (χ1n) is 9.20. The van der Waals surface area contributed by atoms with Crippen LogP contribution in [0.25, 0.3) is 21.8 Å². The highest BCUT2D eigenvalue weighted by molar-refractivity contribution is 6.17. The van der Waals surface area contributed by atoms with Crippen molar-refractivity contribution in [3.63, 3.8) is 0 Å². The predicted molar refractivity (Wildman–Crippen MR) is 109 cm³/mol. The van der Waals surface area contributed by atoms with Crippen LogP contribution in [0.3, 0.4) is 0 Å². The first-order valence-corrected chi connectivity index (χ1v) is 9.20. The number of nitrogens with two attached hydrogens (primary N) is 1. The standard InChI is InChI=1S/C23H21N2O3/c1-2-28-17-6-3-5-15(11-17)13-25-20-8-4-7-19(23(24)27)22(20)18-10-9-16(14-26)12-21(18)25/h3-9,11-12,26H,2,13-14H2,1H3,(H2,24,27). The number of amides is 1. The van der Waals surface area contributed by atoms with Crippen molar-refractivity contribution in [1.82, 2.24) is 4.57 Å². The van der Waals surface area contributed by atoms with E-state index in [4.69, 9.17) is 10.5 Å². The van der Waals surface area contributed by atoms with Gasteiger partial charge >= 0.3 is 0 Å². The average molecular weight is 373 g/mol. The van der Waals surface area contributed by atoms with Gasteiger partial charge in [0, 0.05) is 22.9 Å². The maximum Gasteiger partial charge on any atom is 0.249 e. The molecule has 0 atom stereocenters. The molecule has 0 aliphatic heterocycles. The molecule has 0 fully saturated rings. The van der Waals surface area contributed by atoms with Crippen LogP contribution in [0.15, 0.2) is 54.6 Å². The average Bonchev–Trinajstić information content (AvgIpc) is 3.01. The quantitative estimate of drug-likeness (QED) is 0.542. The molecule has 0 saturated carbocycles. The fourth-order valence-electron chi connectivity index (χ4n) is 3.65. The van der Waals surface area contributed by atoms with Gasteiger partial charge in [-0.2, -0.15) is 0 Å². The van der Waals surface area contributed by atoms with E-state index in [0.29, 0.717) is 18.7 Å². The van der Waals surface area contributed by atoms with Crippen LogP contribution < -0.4 is 10.5 Å². The fraction of sp³-hybridized carbons (Fsp3) is 0.174. The number of benzene rings is 3. The number of carbonyl (C=O) groups excluding carboxylic acids is 1. The van der Waals surface area contributed by atoms with Crippen LogP contribution in [0, 0.1) is 6.07 Å². The minimum Gasteiger partial charge on any atom is -0.494 e. The Balaban J connectivity index is 1.96. The van der Waals surface area contributed by atoms with Gasteiger partial charge in [-0.15, -0.1) is 0 Å². The van der Waals surface area contributed by atoms with Gasteiger partial charge in [-0.1, -0.05) is 18.2 Å². The molecule has 0 aliphatic carbocycles. The highest BCUT2D eigenvalue weighted by Gasteiger charge is 2.17. The van der Waals surface area contributed by atoms with Gasteiger partial charge in [0.2, 0.25) is 5.91 Å². The molecule has 0 aliphatic rings. The van der Waals surface area contributed by atoms with Gasteiger partial charge in [0.25, 0.3) is 0 Å². The lowest BCUT2D eigenvalue weighted by Gasteiger charge is -2.10. The second-order valence-corrected chi connectivity index (χ2v) is 6.66. The normalized spacial score (nSPS) is 11.2. The monoisotopic (exact) mass is 373 g/mol. The molecule has 0 bridgehead atoms. The highest BCUT2D eigenvalue weighted by Crippen LogP contribution is 2.33. The van der Waals surface area contributed by atoms with E-state index < -0.39 is 5.91 Å². The maximum atomic E-state index is 12.0. The summed E-state index contributed by atoms with van der Waals surface area (Å²) in [6, 6.07) is 20.4. The van der Waals surface area contributed by atoms with Gasteiger partial charge in [-0.3, -0.25) is 4.79 Å². The molecule has 5 nitrogen and oxygen atoms in total. The van der Waals surface area contributed by atoms with Gasteiger partial charge in [0.05, 0.1) is 24.2 Å². The number of hydrogen-bond donors (Lipinski definition) is 2. The third-order valence-electron chi connectivity index (χ3n) is 4.85. The largest absolute Gasteiger partial charge is 0.494 e. The van der Waals surface area contributed by atoms with Crippen LogP contribution in [0.5, 0.6) is 5.75 Å². The Morgan fingerprint density at radius 2 is 1.96 bits per heavy atom. The van der Waals surface area contributed by atoms with Crippen molar-refractivity contribution >= 4 is 27.7 Å². The van der Waals surface area contributed by atoms with E-state index >= 15 is 0 Å². The molecule has 5 heteroatoms. The zero-order valence-corrected chi connectivity index (χ0v) is 15.6. The molecule has 0 spiro atoms. The number of aliphatic hydroxyl groups excluding tert-OH is 1. The molecule has 4 rings (SSSR count). The van der Waals surface area contributed by atoms with Crippen LogP contribution in [-0.2, 0) is 13.2 Å². The molecule has 0 saturated heterocycles. The van der Waals surface area contributed by atoms with Crippen LogP contribution >= 0.6 is 0 Å². The van der Waals surface area contributed by atoms with E-state index in [2.05, 4.69) is 10.6 Å². The molecule has 1 heterocycles. The number of aromatic nitrogens is 1. The second kappa shape index (κ2) is 7.37. The molecular weight excluding hydrogens is 352 g/mol. The van der Waals surface area contributed by atoms with Crippen molar-refractivity contribution in [2.45, 2.75) is 20.1 Å². The number of aliphatic hydroxyl groups is 1. The van der Waals surface area contributed by atoms with Crippen molar-refractivity contribution < 1.29 is 14.6 Å². The third-order valence-corrected chi connectivity index (χ3v) is 4.85. The second-order valence-electron chi connectivity index (χ2n) is 6.66. The summed E-state index contributed by atoms with van der Waals surface area (Å²) in [5.41, 5.74) is 9.73. The van der Waals surface area contributed by atoms with Crippen molar-refractivity contribution in [2.24, 2.45) is 5.73 Å². The summed E-state index contributed by atoms with van der Waals surface area (Å²) in [6.45, 7) is 3.08. The van der Waals surface area contributed by atoms with Crippen molar-refractivity contribution in [1.29, 1.82) is 0 Å². The minimum absolute atomic E-state index is 0.0729. The zero-order chi connectivity index (χ0) is 19.7. The molecular formula is C23H21N2O3. The molecule has 28 heavy (non-hydrogen) atoms. The van der Waals surface area contributed by atoms with Crippen LogP contribution in [0.1, 0.15) is 28.4 Å². The Hall–Kier alpha value is -3.31. The van der Waals surface area contributed by atoms with Gasteiger partial charge in [0.15, 0.2) is 0 Å². The fourth-order valence-corrected chi connectivity index (χ4v) is 3.65. The molecule has 1 aromatic heterocycles. The van der Waals surface area contributed by atoms with Crippen molar-refractivity contribution in [2.75, 3.05) is 6.61 Å². The Morgan fingerprint density at radius 3 is 2.71 bits per heavy atom. The summed E-state index contributed by atoms with van der Waals surface area (Å²) in [6.07, 6.45) is 0. The first-order chi connectivity index (χ1) is 13.6. The Bertz CT molecular complexity index is 1180. The summed E-state index contributed by atoms with van der Waals surface area (Å²) in [7, 11) is 0. The van der Waals surface area contributed by atoms with Crippen molar-refractivity contribution in [3.8, 4) is 5.75 Å². The Labute approximate surface area is 163 Å².